The summed E-state index contributed by atoms with van der Waals surface area (Å²) in [4.78, 5) is 31.6. The molecule has 7 heteroatoms. The van der Waals surface area contributed by atoms with Crippen LogP contribution in [0.1, 0.15) is 32.6 Å². The number of nitrogens with zero attached hydrogens (tertiary/aromatic N) is 3. The molecule has 0 spiro atoms. The van der Waals surface area contributed by atoms with Crippen LogP contribution in [0.3, 0.4) is 0 Å². The molecule has 0 radical (unpaired) electrons. The minimum Gasteiger partial charge on any atom is -0.354 e. The summed E-state index contributed by atoms with van der Waals surface area (Å²) >= 11 is 0. The number of nitrogens with one attached hydrogen (secondary N) is 2. The fourth-order valence-corrected chi connectivity index (χ4v) is 4.29. The first-order valence-electron chi connectivity index (χ1n) is 10.4. The monoisotopic (exact) mass is 365 g/mol. The fraction of sp³-hybridized carbons (Fsp3) is 0.895. The van der Waals surface area contributed by atoms with E-state index in [1.807, 2.05) is 4.90 Å². The molecule has 3 saturated heterocycles. The van der Waals surface area contributed by atoms with Gasteiger partial charge in [0.15, 0.2) is 0 Å². The lowest BCUT2D eigenvalue weighted by molar-refractivity contribution is -0.134. The van der Waals surface area contributed by atoms with Gasteiger partial charge in [-0.3, -0.25) is 14.5 Å². The van der Waals surface area contributed by atoms with E-state index in [2.05, 4.69) is 27.4 Å². The molecule has 0 bridgehead atoms. The number of carbonyl (C=O) groups is 2. The molecular weight excluding hydrogens is 330 g/mol. The zero-order chi connectivity index (χ0) is 18.4. The molecule has 3 rings (SSSR count). The highest BCUT2D eigenvalue weighted by Gasteiger charge is 2.27. The van der Waals surface area contributed by atoms with E-state index in [0.717, 1.165) is 78.0 Å². The van der Waals surface area contributed by atoms with Crippen LogP contribution in [0.5, 0.6) is 0 Å². The number of piperidine rings is 1. The normalized spacial score (nSPS) is 28.3. The van der Waals surface area contributed by atoms with Gasteiger partial charge in [0.1, 0.15) is 0 Å². The Morgan fingerprint density at radius 3 is 2.50 bits per heavy atom. The molecule has 0 aromatic heterocycles. The van der Waals surface area contributed by atoms with Crippen molar-refractivity contribution in [3.8, 4) is 0 Å². The van der Waals surface area contributed by atoms with Gasteiger partial charge in [-0.25, -0.2) is 0 Å². The van der Waals surface area contributed by atoms with E-state index in [4.69, 9.17) is 0 Å². The maximum Gasteiger partial charge on any atom is 0.237 e. The second-order valence-corrected chi connectivity index (χ2v) is 7.95. The molecule has 2 amide bonds. The lowest BCUT2D eigenvalue weighted by atomic mass is 9.97. The van der Waals surface area contributed by atoms with Gasteiger partial charge in [-0.05, 0) is 44.7 Å². The van der Waals surface area contributed by atoms with E-state index >= 15 is 0 Å². The van der Waals surface area contributed by atoms with Gasteiger partial charge in [0.2, 0.25) is 11.8 Å². The number of amides is 2. The summed E-state index contributed by atoms with van der Waals surface area (Å²) < 4.78 is 0. The van der Waals surface area contributed by atoms with E-state index in [0.29, 0.717) is 19.0 Å². The molecule has 26 heavy (non-hydrogen) atoms. The van der Waals surface area contributed by atoms with E-state index < -0.39 is 0 Å². The molecule has 3 aliphatic heterocycles. The highest BCUT2D eigenvalue weighted by atomic mass is 16.2. The number of likely N-dealkylation sites (N-methyl/N-ethyl adjacent to an activating group) is 1. The SMILES string of the molecule is CCN1CCN(CC(=O)N2CCCC(CNC(=O)C3CCCN3)C2)CC1. The maximum absolute atomic E-state index is 12.7. The maximum atomic E-state index is 12.7. The van der Waals surface area contributed by atoms with E-state index in [1.165, 1.54) is 0 Å². The molecule has 0 aliphatic carbocycles. The third kappa shape index (κ3) is 5.41. The van der Waals surface area contributed by atoms with Crippen molar-refractivity contribution in [3.05, 3.63) is 0 Å². The topological polar surface area (TPSA) is 67.9 Å². The number of carbonyl (C=O) groups excluding carboxylic acids is 2. The second-order valence-electron chi connectivity index (χ2n) is 7.95. The van der Waals surface area contributed by atoms with Crippen LogP contribution in [-0.2, 0) is 9.59 Å². The average Bonchev–Trinajstić information content (AvgIpc) is 3.22. The van der Waals surface area contributed by atoms with Gasteiger partial charge in [0.25, 0.3) is 0 Å². The van der Waals surface area contributed by atoms with Crippen molar-refractivity contribution in [1.29, 1.82) is 0 Å². The van der Waals surface area contributed by atoms with Crippen LogP contribution < -0.4 is 10.6 Å². The molecule has 2 N–H and O–H groups in total. The van der Waals surface area contributed by atoms with E-state index in [1.54, 1.807) is 0 Å². The van der Waals surface area contributed by atoms with Crippen LogP contribution in [0.2, 0.25) is 0 Å². The summed E-state index contributed by atoms with van der Waals surface area (Å²) in [5.41, 5.74) is 0. The Balaban J connectivity index is 1.38. The summed E-state index contributed by atoms with van der Waals surface area (Å²) in [6, 6.07) is -0.0156. The Bertz CT molecular complexity index is 473. The van der Waals surface area contributed by atoms with Crippen molar-refractivity contribution >= 4 is 11.8 Å². The molecule has 2 unspecified atom stereocenters. The average molecular weight is 366 g/mol. The van der Waals surface area contributed by atoms with Crippen LogP contribution in [0, 0.1) is 5.92 Å². The predicted molar refractivity (Wildman–Crippen MR) is 102 cm³/mol. The summed E-state index contributed by atoms with van der Waals surface area (Å²) in [7, 11) is 0. The van der Waals surface area contributed by atoms with Crippen molar-refractivity contribution in [1.82, 2.24) is 25.3 Å². The zero-order valence-electron chi connectivity index (χ0n) is 16.2. The summed E-state index contributed by atoms with van der Waals surface area (Å²) in [5.74, 6) is 0.762. The quantitative estimate of drug-likeness (QED) is 0.678. The number of likely N-dealkylation sites (tertiary alicyclic amines) is 1. The third-order valence-electron chi connectivity index (χ3n) is 6.08. The Morgan fingerprint density at radius 1 is 1.04 bits per heavy atom. The smallest absolute Gasteiger partial charge is 0.237 e. The number of rotatable bonds is 6. The number of piperazine rings is 1. The summed E-state index contributed by atoms with van der Waals surface area (Å²) in [6.07, 6.45) is 4.15. The van der Waals surface area contributed by atoms with E-state index in [9.17, 15) is 9.59 Å². The minimum atomic E-state index is -0.0156. The molecule has 2 atom stereocenters. The van der Waals surface area contributed by atoms with Crippen molar-refractivity contribution in [2.75, 3.05) is 65.4 Å². The Kier molecular flexibility index (Phi) is 7.28. The third-order valence-corrected chi connectivity index (χ3v) is 6.08. The number of hydrogen-bond donors (Lipinski definition) is 2. The Hall–Kier alpha value is -1.18. The molecule has 3 fully saturated rings. The first-order chi connectivity index (χ1) is 12.7. The molecule has 0 aromatic carbocycles. The minimum absolute atomic E-state index is 0.0156. The van der Waals surface area contributed by atoms with Gasteiger partial charge >= 0.3 is 0 Å². The van der Waals surface area contributed by atoms with Crippen molar-refractivity contribution in [2.45, 2.75) is 38.6 Å². The van der Waals surface area contributed by atoms with Gasteiger partial charge in [0.05, 0.1) is 12.6 Å². The molecule has 0 aromatic rings. The molecule has 3 aliphatic rings. The van der Waals surface area contributed by atoms with Crippen molar-refractivity contribution < 1.29 is 9.59 Å². The van der Waals surface area contributed by atoms with Crippen LogP contribution in [0.4, 0.5) is 0 Å². The van der Waals surface area contributed by atoms with Gasteiger partial charge in [-0.15, -0.1) is 0 Å². The molecule has 3 heterocycles. The van der Waals surface area contributed by atoms with Gasteiger partial charge in [0, 0.05) is 45.8 Å². The fourth-order valence-electron chi connectivity index (χ4n) is 4.29. The second kappa shape index (κ2) is 9.67. The first kappa shape index (κ1) is 19.6. The highest BCUT2D eigenvalue weighted by Crippen LogP contribution is 2.17. The summed E-state index contributed by atoms with van der Waals surface area (Å²) in [6.45, 7) is 11.2. The first-order valence-corrected chi connectivity index (χ1v) is 10.4. The van der Waals surface area contributed by atoms with Crippen molar-refractivity contribution in [3.63, 3.8) is 0 Å². The van der Waals surface area contributed by atoms with Crippen LogP contribution >= 0.6 is 0 Å². The Labute approximate surface area is 157 Å². The molecule has 0 saturated carbocycles. The largest absolute Gasteiger partial charge is 0.354 e. The van der Waals surface area contributed by atoms with E-state index in [-0.39, 0.29) is 17.9 Å². The van der Waals surface area contributed by atoms with Crippen LogP contribution in [0.25, 0.3) is 0 Å². The zero-order valence-corrected chi connectivity index (χ0v) is 16.2. The van der Waals surface area contributed by atoms with Gasteiger partial charge in [-0.1, -0.05) is 6.92 Å². The lowest BCUT2D eigenvalue weighted by Crippen LogP contribution is -2.52. The molecule has 148 valence electrons. The lowest BCUT2D eigenvalue weighted by Gasteiger charge is -2.37. The summed E-state index contributed by atoms with van der Waals surface area (Å²) in [5, 5.41) is 6.33. The van der Waals surface area contributed by atoms with Gasteiger partial charge in [-0.2, -0.15) is 0 Å². The van der Waals surface area contributed by atoms with Crippen molar-refractivity contribution in [2.24, 2.45) is 5.92 Å². The predicted octanol–water partition coefficient (Wildman–Crippen LogP) is -0.269. The van der Waals surface area contributed by atoms with Gasteiger partial charge < -0.3 is 20.4 Å². The Morgan fingerprint density at radius 2 is 1.81 bits per heavy atom. The molecular formula is C19H35N5O2. The van der Waals surface area contributed by atoms with Crippen LogP contribution in [-0.4, -0.2) is 98.0 Å². The molecule has 7 nitrogen and oxygen atoms in total. The standard InChI is InChI=1S/C19H35N5O2/c1-2-22-9-11-23(12-10-22)15-18(25)24-8-4-5-16(14-24)13-21-19(26)17-6-3-7-20-17/h16-17,20H,2-15H2,1H3,(H,21,26). The highest BCUT2D eigenvalue weighted by molar-refractivity contribution is 5.82. The van der Waals surface area contributed by atoms with Crippen LogP contribution in [0.15, 0.2) is 0 Å². The number of hydrogen-bond acceptors (Lipinski definition) is 5.